The number of piperidine rings is 1. The number of hydrogen-bond donors (Lipinski definition) is 1. The van der Waals surface area contributed by atoms with Crippen molar-refractivity contribution < 1.29 is 19.0 Å². The first kappa shape index (κ1) is 25.3. The van der Waals surface area contributed by atoms with Crippen LogP contribution in [-0.4, -0.2) is 75.1 Å². The van der Waals surface area contributed by atoms with E-state index in [2.05, 4.69) is 25.4 Å². The molecule has 0 spiro atoms. The van der Waals surface area contributed by atoms with Gasteiger partial charge in [0, 0.05) is 36.2 Å². The van der Waals surface area contributed by atoms with E-state index in [0.717, 1.165) is 36.1 Å². The lowest BCUT2D eigenvalue weighted by Gasteiger charge is -2.36. The van der Waals surface area contributed by atoms with Crippen LogP contribution in [0.2, 0.25) is 0 Å². The Morgan fingerprint density at radius 2 is 2.03 bits per heavy atom. The van der Waals surface area contributed by atoms with Crippen molar-refractivity contribution in [3.63, 3.8) is 0 Å². The Kier molecular flexibility index (Phi) is 7.80. The van der Waals surface area contributed by atoms with Crippen molar-refractivity contribution in [2.75, 3.05) is 32.9 Å². The smallest absolute Gasteiger partial charge is 0.309 e. The highest BCUT2D eigenvalue weighted by molar-refractivity contribution is 5.80. The second-order valence-electron chi connectivity index (χ2n) is 9.55. The second kappa shape index (κ2) is 11.4. The molecule has 3 aromatic rings. The van der Waals surface area contributed by atoms with Crippen molar-refractivity contribution >= 4 is 16.9 Å². The first-order valence-corrected chi connectivity index (χ1v) is 13.2. The second-order valence-corrected chi connectivity index (χ2v) is 9.55. The van der Waals surface area contributed by atoms with Crippen LogP contribution in [0, 0.1) is 5.92 Å². The molecule has 0 aliphatic carbocycles. The van der Waals surface area contributed by atoms with Gasteiger partial charge in [-0.05, 0) is 74.2 Å². The number of likely N-dealkylation sites (tertiary alicyclic amines) is 1. The fourth-order valence-corrected chi connectivity index (χ4v) is 5.33. The average Bonchev–Trinajstić information content (AvgIpc) is 3.58. The molecule has 0 radical (unpaired) electrons. The molecule has 11 nitrogen and oxygen atoms in total. The maximum atomic E-state index is 13.4. The van der Waals surface area contributed by atoms with Crippen molar-refractivity contribution in [2.45, 2.75) is 58.2 Å². The standard InChI is InChI=1S/C26H34N6O5/c1-3-35-19-7-8-22-18(14-19)15-21(25(33)27-22)23(31-11-9-17(10-12-31)26(34)36-4-2)24-28-29-30-32(24)16-20-6-5-13-37-20/h7-8,14-15,17,20,23H,3-6,9-13,16H2,1-2H3,(H,27,33)/t20-,23+/m0/s1. The van der Waals surface area contributed by atoms with E-state index in [1.54, 1.807) is 4.68 Å². The lowest BCUT2D eigenvalue weighted by atomic mass is 9.94. The summed E-state index contributed by atoms with van der Waals surface area (Å²) in [6.45, 7) is 7.16. The van der Waals surface area contributed by atoms with Crippen molar-refractivity contribution in [3.05, 3.63) is 46.0 Å². The summed E-state index contributed by atoms with van der Waals surface area (Å²) < 4.78 is 18.5. The zero-order valence-corrected chi connectivity index (χ0v) is 21.4. The molecule has 4 heterocycles. The SMILES string of the molecule is CCOC(=O)C1CCN([C@H](c2cc3cc(OCC)ccc3[nH]c2=O)c2nnnn2C[C@@H]2CCCO2)CC1. The normalized spacial score (nSPS) is 19.8. The van der Waals surface area contributed by atoms with Gasteiger partial charge >= 0.3 is 5.97 Å². The van der Waals surface area contributed by atoms with Gasteiger partial charge in [0.1, 0.15) is 11.8 Å². The first-order chi connectivity index (χ1) is 18.1. The Morgan fingerprint density at radius 1 is 1.19 bits per heavy atom. The molecule has 1 N–H and O–H groups in total. The molecular formula is C26H34N6O5. The number of fused-ring (bicyclic) bond motifs is 1. The lowest BCUT2D eigenvalue weighted by molar-refractivity contribution is -0.149. The number of tetrazole rings is 1. The van der Waals surface area contributed by atoms with Gasteiger partial charge in [0.05, 0.1) is 31.8 Å². The molecule has 2 atom stereocenters. The lowest BCUT2D eigenvalue weighted by Crippen LogP contribution is -2.42. The number of pyridine rings is 1. The molecule has 0 unspecified atom stereocenters. The summed E-state index contributed by atoms with van der Waals surface area (Å²) in [5, 5.41) is 13.5. The van der Waals surface area contributed by atoms with Crippen molar-refractivity contribution in [3.8, 4) is 5.75 Å². The number of rotatable bonds is 9. The van der Waals surface area contributed by atoms with Gasteiger partial charge < -0.3 is 19.2 Å². The predicted molar refractivity (Wildman–Crippen MR) is 135 cm³/mol. The zero-order valence-electron chi connectivity index (χ0n) is 21.4. The molecule has 2 fully saturated rings. The summed E-state index contributed by atoms with van der Waals surface area (Å²) in [7, 11) is 0. The van der Waals surface area contributed by atoms with Crippen molar-refractivity contribution in [1.82, 2.24) is 30.1 Å². The monoisotopic (exact) mass is 510 g/mol. The van der Waals surface area contributed by atoms with Crippen LogP contribution >= 0.6 is 0 Å². The summed E-state index contributed by atoms with van der Waals surface area (Å²) >= 11 is 0. The molecular weight excluding hydrogens is 476 g/mol. The van der Waals surface area contributed by atoms with Gasteiger partial charge in [0.15, 0.2) is 5.82 Å². The molecule has 2 aromatic heterocycles. The van der Waals surface area contributed by atoms with E-state index in [0.29, 0.717) is 57.1 Å². The fraction of sp³-hybridized carbons (Fsp3) is 0.577. The highest BCUT2D eigenvalue weighted by atomic mass is 16.5. The Labute approximate surface area is 215 Å². The minimum atomic E-state index is -0.483. The Hall–Kier alpha value is -3.31. The Morgan fingerprint density at radius 3 is 2.76 bits per heavy atom. The predicted octanol–water partition coefficient (Wildman–Crippen LogP) is 2.46. The molecule has 5 rings (SSSR count). The van der Waals surface area contributed by atoms with Crippen LogP contribution in [0.25, 0.3) is 10.9 Å². The maximum Gasteiger partial charge on any atom is 0.309 e. The van der Waals surface area contributed by atoms with Crippen LogP contribution in [-0.2, 0) is 20.8 Å². The van der Waals surface area contributed by atoms with Gasteiger partial charge in [-0.25, -0.2) is 4.68 Å². The van der Waals surface area contributed by atoms with Crippen LogP contribution < -0.4 is 10.3 Å². The minimum absolute atomic E-state index is 0.0427. The summed E-state index contributed by atoms with van der Waals surface area (Å²) in [6, 6.07) is 7.05. The first-order valence-electron chi connectivity index (χ1n) is 13.2. The van der Waals surface area contributed by atoms with E-state index in [-0.39, 0.29) is 23.6 Å². The van der Waals surface area contributed by atoms with Crippen LogP contribution in [0.15, 0.2) is 29.1 Å². The molecule has 1 aromatic carbocycles. The van der Waals surface area contributed by atoms with Crippen molar-refractivity contribution in [2.24, 2.45) is 5.92 Å². The molecule has 0 amide bonds. The number of aromatic nitrogens is 5. The number of aromatic amines is 1. The number of H-pyrrole nitrogens is 1. The number of nitrogens with zero attached hydrogens (tertiary/aromatic N) is 5. The van der Waals surface area contributed by atoms with E-state index in [9.17, 15) is 9.59 Å². The molecule has 2 aliphatic rings. The minimum Gasteiger partial charge on any atom is -0.494 e. The third-order valence-electron chi connectivity index (χ3n) is 7.17. The van der Waals surface area contributed by atoms with Crippen LogP contribution in [0.5, 0.6) is 5.75 Å². The van der Waals surface area contributed by atoms with E-state index >= 15 is 0 Å². The number of carbonyl (C=O) groups is 1. The summed E-state index contributed by atoms with van der Waals surface area (Å²) in [5.41, 5.74) is 1.09. The fourth-order valence-electron chi connectivity index (χ4n) is 5.33. The zero-order chi connectivity index (χ0) is 25.8. The number of hydrogen-bond acceptors (Lipinski definition) is 9. The van der Waals surface area contributed by atoms with E-state index < -0.39 is 6.04 Å². The van der Waals surface area contributed by atoms with Crippen LogP contribution in [0.1, 0.15) is 57.0 Å². The van der Waals surface area contributed by atoms with Crippen LogP contribution in [0.3, 0.4) is 0 Å². The van der Waals surface area contributed by atoms with Crippen LogP contribution in [0.4, 0.5) is 0 Å². The number of nitrogens with one attached hydrogen (secondary N) is 1. The molecule has 0 saturated carbocycles. The quantitative estimate of drug-likeness (QED) is 0.432. The van der Waals surface area contributed by atoms with Gasteiger partial charge in [-0.3, -0.25) is 14.5 Å². The largest absolute Gasteiger partial charge is 0.494 e. The average molecular weight is 511 g/mol. The highest BCUT2D eigenvalue weighted by Crippen LogP contribution is 2.32. The van der Waals surface area contributed by atoms with Gasteiger partial charge in [-0.1, -0.05) is 0 Å². The summed E-state index contributed by atoms with van der Waals surface area (Å²) in [4.78, 5) is 31.0. The Bertz CT molecular complexity index is 1280. The van der Waals surface area contributed by atoms with Crippen molar-refractivity contribution in [1.29, 1.82) is 0 Å². The Balaban J connectivity index is 1.52. The topological polar surface area (TPSA) is 124 Å². The molecule has 0 bridgehead atoms. The van der Waals surface area contributed by atoms with Gasteiger partial charge in [-0.2, -0.15) is 0 Å². The highest BCUT2D eigenvalue weighted by Gasteiger charge is 2.35. The summed E-state index contributed by atoms with van der Waals surface area (Å²) in [5.74, 6) is 1.02. The third-order valence-corrected chi connectivity index (χ3v) is 7.17. The number of carbonyl (C=O) groups excluding carboxylic acids is 1. The van der Waals surface area contributed by atoms with Gasteiger partial charge in [0.25, 0.3) is 5.56 Å². The number of benzene rings is 1. The molecule has 2 saturated heterocycles. The van der Waals surface area contributed by atoms with E-state index in [1.165, 1.54) is 0 Å². The summed E-state index contributed by atoms with van der Waals surface area (Å²) in [6.07, 6.45) is 3.29. The molecule has 198 valence electrons. The third kappa shape index (κ3) is 5.52. The van der Waals surface area contributed by atoms with Gasteiger partial charge in [-0.15, -0.1) is 5.10 Å². The van der Waals surface area contributed by atoms with Gasteiger partial charge in [0.2, 0.25) is 0 Å². The molecule has 11 heteroatoms. The molecule has 37 heavy (non-hydrogen) atoms. The van der Waals surface area contributed by atoms with E-state index in [1.807, 2.05) is 38.1 Å². The maximum absolute atomic E-state index is 13.4. The number of ether oxygens (including phenoxy) is 3. The number of esters is 1. The van der Waals surface area contributed by atoms with E-state index in [4.69, 9.17) is 14.2 Å². The molecule has 2 aliphatic heterocycles.